The normalized spacial score (nSPS) is 19.9. The predicted octanol–water partition coefficient (Wildman–Crippen LogP) is 5.81. The second-order valence-electron chi connectivity index (χ2n) is 7.03. The van der Waals surface area contributed by atoms with E-state index in [9.17, 15) is 0 Å². The Labute approximate surface area is 143 Å². The summed E-state index contributed by atoms with van der Waals surface area (Å²) in [5.74, 6) is 0.556. The summed E-state index contributed by atoms with van der Waals surface area (Å²) in [4.78, 5) is 6.93. The van der Waals surface area contributed by atoms with Crippen LogP contribution in [0.1, 0.15) is 44.2 Å². The Morgan fingerprint density at radius 3 is 2.57 bits per heavy atom. The van der Waals surface area contributed by atoms with E-state index in [1.807, 2.05) is 30.5 Å². The predicted molar refractivity (Wildman–Crippen MR) is 101 cm³/mol. The van der Waals surface area contributed by atoms with Crippen LogP contribution < -0.4 is 4.90 Å². The van der Waals surface area contributed by atoms with Gasteiger partial charge in [-0.05, 0) is 73.7 Å². The lowest BCUT2D eigenvalue weighted by Gasteiger charge is -2.45. The van der Waals surface area contributed by atoms with E-state index >= 15 is 0 Å². The molecule has 1 aliphatic rings. The Hall–Kier alpha value is -1.80. The third kappa shape index (κ3) is 3.28. The van der Waals surface area contributed by atoms with E-state index in [0.717, 1.165) is 22.7 Å². The van der Waals surface area contributed by atoms with Crippen molar-refractivity contribution in [2.45, 2.75) is 38.6 Å². The van der Waals surface area contributed by atoms with Crippen molar-refractivity contribution >= 4 is 29.2 Å². The van der Waals surface area contributed by atoms with Gasteiger partial charge in [0.15, 0.2) is 0 Å². The number of fused-ring (bicyclic) bond motifs is 1. The zero-order valence-corrected chi connectivity index (χ0v) is 14.9. The summed E-state index contributed by atoms with van der Waals surface area (Å²) < 4.78 is 0. The molecule has 2 aromatic rings. The summed E-state index contributed by atoms with van der Waals surface area (Å²) in [7, 11) is 2.19. The van der Waals surface area contributed by atoms with Crippen LogP contribution in [0.4, 0.5) is 11.4 Å². The molecule has 0 aromatic heterocycles. The molecule has 0 amide bonds. The molecule has 0 N–H and O–H groups in total. The van der Waals surface area contributed by atoms with E-state index in [1.54, 1.807) is 0 Å². The van der Waals surface area contributed by atoms with Gasteiger partial charge in [-0.15, -0.1) is 0 Å². The number of anilines is 1. The van der Waals surface area contributed by atoms with Crippen LogP contribution in [0.5, 0.6) is 0 Å². The van der Waals surface area contributed by atoms with Crippen LogP contribution in [-0.4, -0.2) is 18.8 Å². The molecule has 2 nitrogen and oxygen atoms in total. The largest absolute Gasteiger partial charge is 0.369 e. The molecule has 0 bridgehead atoms. The van der Waals surface area contributed by atoms with Gasteiger partial charge < -0.3 is 4.90 Å². The minimum absolute atomic E-state index is 0.200. The molecule has 0 aliphatic carbocycles. The lowest BCUT2D eigenvalue weighted by Crippen LogP contribution is -2.45. The summed E-state index contributed by atoms with van der Waals surface area (Å²) in [5, 5.41) is 0.734. The highest BCUT2D eigenvalue weighted by atomic mass is 35.5. The molecule has 1 atom stereocenters. The minimum Gasteiger partial charge on any atom is -0.369 e. The van der Waals surface area contributed by atoms with Crippen molar-refractivity contribution < 1.29 is 0 Å². The average molecular weight is 327 g/mol. The fourth-order valence-electron chi connectivity index (χ4n) is 3.35. The molecule has 120 valence electrons. The van der Waals surface area contributed by atoms with Gasteiger partial charge >= 0.3 is 0 Å². The first kappa shape index (κ1) is 16.1. The number of aliphatic imine (C=N–C) groups is 1. The van der Waals surface area contributed by atoms with E-state index in [4.69, 9.17) is 11.6 Å². The second kappa shape index (κ2) is 6.01. The number of rotatable bonds is 2. The molecule has 3 heteroatoms. The van der Waals surface area contributed by atoms with Gasteiger partial charge in [-0.25, -0.2) is 0 Å². The van der Waals surface area contributed by atoms with Gasteiger partial charge in [0.25, 0.3) is 0 Å². The van der Waals surface area contributed by atoms with Gasteiger partial charge in [-0.2, -0.15) is 0 Å². The molecule has 1 aliphatic heterocycles. The van der Waals surface area contributed by atoms with Crippen molar-refractivity contribution in [3.05, 3.63) is 58.6 Å². The molecule has 0 saturated carbocycles. The Kier molecular flexibility index (Phi) is 4.20. The highest BCUT2D eigenvalue weighted by Gasteiger charge is 2.33. The van der Waals surface area contributed by atoms with Crippen LogP contribution in [0.2, 0.25) is 5.02 Å². The fraction of sp³-hybridized carbons (Fsp3) is 0.350. The Balaban J connectivity index is 1.89. The molecular weight excluding hydrogens is 304 g/mol. The third-order valence-electron chi connectivity index (χ3n) is 4.85. The molecule has 0 spiro atoms. The monoisotopic (exact) mass is 326 g/mol. The van der Waals surface area contributed by atoms with Crippen molar-refractivity contribution in [1.29, 1.82) is 0 Å². The summed E-state index contributed by atoms with van der Waals surface area (Å²) in [5.41, 5.74) is 4.99. The van der Waals surface area contributed by atoms with Crippen LogP contribution in [-0.2, 0) is 0 Å². The average Bonchev–Trinajstić information content (AvgIpc) is 2.52. The lowest BCUT2D eigenvalue weighted by atomic mass is 9.80. The maximum atomic E-state index is 5.90. The van der Waals surface area contributed by atoms with Gasteiger partial charge in [-0.3, -0.25) is 4.99 Å². The molecule has 0 saturated heterocycles. The molecule has 0 radical (unpaired) electrons. The second-order valence-corrected chi connectivity index (χ2v) is 7.47. The zero-order valence-electron chi connectivity index (χ0n) is 14.2. The van der Waals surface area contributed by atoms with Crippen molar-refractivity contribution in [3.63, 3.8) is 0 Å². The molecule has 2 aromatic carbocycles. The van der Waals surface area contributed by atoms with Crippen LogP contribution in [0.3, 0.4) is 0 Å². The van der Waals surface area contributed by atoms with E-state index in [0.29, 0.717) is 5.92 Å². The molecule has 23 heavy (non-hydrogen) atoms. The summed E-state index contributed by atoms with van der Waals surface area (Å²) >= 11 is 5.90. The number of halogens is 1. The maximum absolute atomic E-state index is 5.90. The molecule has 0 fully saturated rings. The van der Waals surface area contributed by atoms with Crippen molar-refractivity contribution in [1.82, 2.24) is 0 Å². The Morgan fingerprint density at radius 1 is 1.17 bits per heavy atom. The molecule has 3 rings (SSSR count). The van der Waals surface area contributed by atoms with Gasteiger partial charge in [0.2, 0.25) is 0 Å². The molecule has 0 unspecified atom stereocenters. The molecular formula is C20H23ClN2. The van der Waals surface area contributed by atoms with E-state index < -0.39 is 0 Å². The van der Waals surface area contributed by atoms with E-state index in [2.05, 4.69) is 55.9 Å². The van der Waals surface area contributed by atoms with Crippen molar-refractivity contribution in [2.24, 2.45) is 4.99 Å². The smallest absolute Gasteiger partial charge is 0.0630 e. The first-order chi connectivity index (χ1) is 10.9. The lowest BCUT2D eigenvalue weighted by molar-refractivity contribution is 0.395. The van der Waals surface area contributed by atoms with Gasteiger partial charge in [0.1, 0.15) is 0 Å². The fourth-order valence-corrected chi connectivity index (χ4v) is 3.48. The van der Waals surface area contributed by atoms with Crippen LogP contribution in [0.15, 0.2) is 47.5 Å². The quantitative estimate of drug-likeness (QED) is 0.635. The Bertz CT molecular complexity index is 732. The van der Waals surface area contributed by atoms with Crippen molar-refractivity contribution in [2.75, 3.05) is 11.9 Å². The first-order valence-electron chi connectivity index (χ1n) is 8.04. The van der Waals surface area contributed by atoms with E-state index in [1.165, 1.54) is 11.3 Å². The summed E-state index contributed by atoms with van der Waals surface area (Å²) in [6.07, 6.45) is 3.09. The molecule has 1 heterocycles. The van der Waals surface area contributed by atoms with Gasteiger partial charge in [0, 0.05) is 29.5 Å². The van der Waals surface area contributed by atoms with Gasteiger partial charge in [0.05, 0.1) is 5.69 Å². The number of benzene rings is 2. The first-order valence-corrected chi connectivity index (χ1v) is 8.42. The number of hydrogen-bond donors (Lipinski definition) is 0. The standard InChI is InChI=1S/C20H23ClN2/c1-14-12-20(2,3)23(4)19-10-5-15(11-18(14)19)13-22-17-8-6-16(21)7-9-17/h5-11,13-14H,12H2,1-4H3/t14-/m0/s1. The van der Waals surface area contributed by atoms with Crippen LogP contribution in [0.25, 0.3) is 0 Å². The maximum Gasteiger partial charge on any atom is 0.0630 e. The van der Waals surface area contributed by atoms with Crippen LogP contribution in [0, 0.1) is 0 Å². The topological polar surface area (TPSA) is 15.6 Å². The highest BCUT2D eigenvalue weighted by Crippen LogP contribution is 2.42. The minimum atomic E-state index is 0.200. The van der Waals surface area contributed by atoms with Crippen molar-refractivity contribution in [3.8, 4) is 0 Å². The third-order valence-corrected chi connectivity index (χ3v) is 5.10. The SMILES string of the molecule is C[C@H]1CC(C)(C)N(C)c2ccc(C=Nc3ccc(Cl)cc3)cc21. The number of hydrogen-bond acceptors (Lipinski definition) is 2. The van der Waals surface area contributed by atoms with Crippen LogP contribution >= 0.6 is 11.6 Å². The Morgan fingerprint density at radius 2 is 1.87 bits per heavy atom. The van der Waals surface area contributed by atoms with Gasteiger partial charge in [-0.1, -0.05) is 24.6 Å². The van der Waals surface area contributed by atoms with E-state index in [-0.39, 0.29) is 5.54 Å². The summed E-state index contributed by atoms with van der Waals surface area (Å²) in [6, 6.07) is 14.2. The zero-order chi connectivity index (χ0) is 16.6. The highest BCUT2D eigenvalue weighted by molar-refractivity contribution is 6.30. The number of nitrogens with zero attached hydrogens (tertiary/aromatic N) is 2. The summed E-state index contributed by atoms with van der Waals surface area (Å²) in [6.45, 7) is 6.93.